The Balaban J connectivity index is 1.82. The predicted molar refractivity (Wildman–Crippen MR) is 136 cm³/mol. The van der Waals surface area contributed by atoms with Crippen LogP contribution >= 0.6 is 11.3 Å². The van der Waals surface area contributed by atoms with Gasteiger partial charge in [-0.05, 0) is 66.3 Å². The number of aryl methyl sites for hydroxylation is 1. The molecular weight excluding hydrogens is 452 g/mol. The number of likely N-dealkylation sites (N-methyl/N-ethyl adjacent to an activating group) is 1. The van der Waals surface area contributed by atoms with E-state index in [2.05, 4.69) is 22.2 Å². The summed E-state index contributed by atoms with van der Waals surface area (Å²) in [5, 5.41) is 14.2. The third-order valence-corrected chi connectivity index (χ3v) is 7.74. The van der Waals surface area contributed by atoms with E-state index in [0.717, 1.165) is 34.7 Å². The normalized spacial score (nSPS) is 17.1. The molecule has 8 nitrogen and oxygen atoms in total. The zero-order chi connectivity index (χ0) is 24.8. The maximum atomic E-state index is 12.9. The fourth-order valence-corrected chi connectivity index (χ4v) is 5.45. The predicted octanol–water partition coefficient (Wildman–Crippen LogP) is 3.43. The quantitative estimate of drug-likeness (QED) is 0.475. The van der Waals surface area contributed by atoms with Crippen LogP contribution in [0.4, 0.5) is 0 Å². The fourth-order valence-electron chi connectivity index (χ4n) is 4.32. The van der Waals surface area contributed by atoms with Crippen molar-refractivity contribution in [2.75, 3.05) is 20.2 Å². The lowest BCUT2D eigenvalue weighted by Crippen LogP contribution is -2.30. The molecule has 0 saturated carbocycles. The number of ether oxygens (including phenoxy) is 1. The van der Waals surface area contributed by atoms with Crippen LogP contribution in [-0.4, -0.2) is 57.7 Å². The molecule has 3 aromatic rings. The monoisotopic (exact) mass is 486 g/mol. The number of nitrogens with zero attached hydrogens (tertiary/aromatic N) is 2. The number of carbonyl (C=O) groups excluding carboxylic acids is 1. The second kappa shape index (κ2) is 9.20. The Hall–Kier alpha value is -2.62. The number of thiophene rings is 1. The standard InChI is InChI=1S/C25H34N4O4S/c1-14(2)26-23(30)18-10-16-17(12-29(6)24(31)21(16)27-18)22-19(11-20(34-22)25(3,4)32)33-13-15-8-7-9-28(15)5/h10-12,14-15,27,32H,7-9,13H2,1-6H3,(H,26,30). The second-order valence-electron chi connectivity index (χ2n) is 10.0. The van der Waals surface area contributed by atoms with E-state index in [9.17, 15) is 14.7 Å². The van der Waals surface area contributed by atoms with Gasteiger partial charge < -0.3 is 29.6 Å². The van der Waals surface area contributed by atoms with Crippen LogP contribution in [0.25, 0.3) is 21.3 Å². The van der Waals surface area contributed by atoms with Gasteiger partial charge in [-0.1, -0.05) is 0 Å². The Morgan fingerprint density at radius 2 is 2.09 bits per heavy atom. The minimum Gasteiger partial charge on any atom is -0.490 e. The van der Waals surface area contributed by atoms with Crippen molar-refractivity contribution in [1.29, 1.82) is 0 Å². The van der Waals surface area contributed by atoms with Crippen LogP contribution in [0.5, 0.6) is 5.75 Å². The summed E-state index contributed by atoms with van der Waals surface area (Å²) in [6.45, 7) is 8.89. The maximum absolute atomic E-state index is 12.9. The van der Waals surface area contributed by atoms with Gasteiger partial charge in [0, 0.05) is 41.2 Å². The topological polar surface area (TPSA) is 99.6 Å². The van der Waals surface area contributed by atoms with Crippen molar-refractivity contribution in [3.05, 3.63) is 39.3 Å². The number of pyridine rings is 1. The highest BCUT2D eigenvalue weighted by molar-refractivity contribution is 7.16. The largest absolute Gasteiger partial charge is 0.490 e. The van der Waals surface area contributed by atoms with Gasteiger partial charge in [0.15, 0.2) is 0 Å². The van der Waals surface area contributed by atoms with Crippen molar-refractivity contribution in [3.63, 3.8) is 0 Å². The zero-order valence-electron chi connectivity index (χ0n) is 20.7. The molecule has 9 heteroatoms. The highest BCUT2D eigenvalue weighted by atomic mass is 32.1. The molecule has 0 aromatic carbocycles. The molecule has 4 heterocycles. The molecule has 4 rings (SSSR count). The second-order valence-corrected chi connectivity index (χ2v) is 11.1. The summed E-state index contributed by atoms with van der Waals surface area (Å²) in [4.78, 5) is 32.4. The van der Waals surface area contributed by atoms with Crippen LogP contribution in [0.15, 0.2) is 23.1 Å². The molecule has 1 amide bonds. The lowest BCUT2D eigenvalue weighted by Gasteiger charge is -2.20. The Labute approximate surface area is 203 Å². The minimum absolute atomic E-state index is 0.0263. The number of hydrogen-bond acceptors (Lipinski definition) is 6. The molecule has 0 spiro atoms. The number of carbonyl (C=O) groups is 1. The molecule has 3 aromatic heterocycles. The lowest BCUT2D eigenvalue weighted by molar-refractivity contribution is 0.0822. The number of aromatic amines is 1. The average Bonchev–Trinajstić information content (AvgIpc) is 3.46. The first-order chi connectivity index (χ1) is 16.0. The van der Waals surface area contributed by atoms with Gasteiger partial charge in [-0.3, -0.25) is 9.59 Å². The average molecular weight is 487 g/mol. The maximum Gasteiger partial charge on any atom is 0.274 e. The van der Waals surface area contributed by atoms with Crippen molar-refractivity contribution in [2.45, 2.75) is 58.2 Å². The number of likely N-dealkylation sites (tertiary alicyclic amines) is 1. The molecule has 1 atom stereocenters. The zero-order valence-corrected chi connectivity index (χ0v) is 21.5. The first-order valence-corrected chi connectivity index (χ1v) is 12.5. The molecule has 0 radical (unpaired) electrons. The molecule has 0 bridgehead atoms. The van der Waals surface area contributed by atoms with E-state index in [0.29, 0.717) is 35.0 Å². The van der Waals surface area contributed by atoms with E-state index in [-0.39, 0.29) is 17.5 Å². The SMILES string of the molecule is CC(C)NC(=O)c1cc2c(-c3sc(C(C)(C)O)cc3OCC3CCCN3C)cn(C)c(=O)c2[nH]1. The van der Waals surface area contributed by atoms with E-state index in [1.807, 2.05) is 19.9 Å². The van der Waals surface area contributed by atoms with Crippen molar-refractivity contribution in [1.82, 2.24) is 19.8 Å². The summed E-state index contributed by atoms with van der Waals surface area (Å²) in [6, 6.07) is 3.94. The number of nitrogens with one attached hydrogen (secondary N) is 2. The van der Waals surface area contributed by atoms with Crippen LogP contribution in [-0.2, 0) is 12.6 Å². The van der Waals surface area contributed by atoms with E-state index < -0.39 is 5.60 Å². The molecule has 184 valence electrons. The smallest absolute Gasteiger partial charge is 0.274 e. The number of aliphatic hydroxyl groups is 1. The summed E-state index contributed by atoms with van der Waals surface area (Å²) in [5.74, 6) is 0.417. The van der Waals surface area contributed by atoms with Crippen LogP contribution < -0.4 is 15.6 Å². The number of rotatable bonds is 7. The summed E-state index contributed by atoms with van der Waals surface area (Å²) >= 11 is 1.44. The summed E-state index contributed by atoms with van der Waals surface area (Å²) in [7, 11) is 3.80. The minimum atomic E-state index is -1.04. The van der Waals surface area contributed by atoms with Gasteiger partial charge in [0.1, 0.15) is 23.6 Å². The van der Waals surface area contributed by atoms with Crippen LogP contribution in [0, 0.1) is 0 Å². The van der Waals surface area contributed by atoms with Crippen LogP contribution in [0.1, 0.15) is 55.9 Å². The van der Waals surface area contributed by atoms with E-state index >= 15 is 0 Å². The van der Waals surface area contributed by atoms with Crippen molar-refractivity contribution in [3.8, 4) is 16.2 Å². The number of aromatic nitrogens is 2. The first kappa shape index (κ1) is 24.5. The Kier molecular flexibility index (Phi) is 6.63. The summed E-state index contributed by atoms with van der Waals surface area (Å²) in [6.07, 6.45) is 4.02. The van der Waals surface area contributed by atoms with E-state index in [1.54, 1.807) is 33.2 Å². The van der Waals surface area contributed by atoms with Gasteiger partial charge in [0.25, 0.3) is 11.5 Å². The molecular formula is C25H34N4O4S. The fraction of sp³-hybridized carbons (Fsp3) is 0.520. The molecule has 1 unspecified atom stereocenters. The van der Waals surface area contributed by atoms with E-state index in [4.69, 9.17) is 4.74 Å². The molecule has 1 aliphatic rings. The van der Waals surface area contributed by atoms with Crippen LogP contribution in [0.2, 0.25) is 0 Å². The van der Waals surface area contributed by atoms with Crippen molar-refractivity contribution < 1.29 is 14.6 Å². The van der Waals surface area contributed by atoms with Crippen molar-refractivity contribution >= 4 is 28.1 Å². The third kappa shape index (κ3) is 4.78. The van der Waals surface area contributed by atoms with E-state index in [1.165, 1.54) is 15.9 Å². The van der Waals surface area contributed by atoms with Gasteiger partial charge >= 0.3 is 0 Å². The number of fused-ring (bicyclic) bond motifs is 1. The Morgan fingerprint density at radius 3 is 2.71 bits per heavy atom. The molecule has 34 heavy (non-hydrogen) atoms. The summed E-state index contributed by atoms with van der Waals surface area (Å²) in [5.41, 5.74) is 0.242. The third-order valence-electron chi connectivity index (χ3n) is 6.28. The first-order valence-electron chi connectivity index (χ1n) is 11.7. The number of amides is 1. The van der Waals surface area contributed by atoms with Gasteiger partial charge in [-0.15, -0.1) is 11.3 Å². The van der Waals surface area contributed by atoms with Gasteiger partial charge in [-0.25, -0.2) is 0 Å². The van der Waals surface area contributed by atoms with Gasteiger partial charge in [0.2, 0.25) is 0 Å². The summed E-state index contributed by atoms with van der Waals surface area (Å²) < 4.78 is 7.84. The number of hydrogen-bond donors (Lipinski definition) is 3. The molecule has 3 N–H and O–H groups in total. The molecule has 1 fully saturated rings. The Morgan fingerprint density at radius 1 is 1.35 bits per heavy atom. The van der Waals surface area contributed by atoms with Gasteiger partial charge in [-0.2, -0.15) is 0 Å². The molecule has 1 aliphatic heterocycles. The van der Waals surface area contributed by atoms with Crippen LogP contribution in [0.3, 0.4) is 0 Å². The highest BCUT2D eigenvalue weighted by Gasteiger charge is 2.27. The molecule has 1 saturated heterocycles. The number of H-pyrrole nitrogens is 1. The lowest BCUT2D eigenvalue weighted by atomic mass is 10.1. The highest BCUT2D eigenvalue weighted by Crippen LogP contribution is 2.44. The van der Waals surface area contributed by atoms with Gasteiger partial charge in [0.05, 0.1) is 10.5 Å². The van der Waals surface area contributed by atoms with Crippen molar-refractivity contribution in [2.24, 2.45) is 7.05 Å². The molecule has 0 aliphatic carbocycles. The Bertz CT molecular complexity index is 1260.